The Morgan fingerprint density at radius 3 is 1.50 bits per heavy atom. The predicted octanol–water partition coefficient (Wildman–Crippen LogP) is 4.50. The lowest BCUT2D eigenvalue weighted by Crippen LogP contribution is -2.15. The summed E-state index contributed by atoms with van der Waals surface area (Å²) in [6.45, 7) is 7.77. The van der Waals surface area contributed by atoms with Crippen molar-refractivity contribution >= 4 is 6.16 Å². The molecule has 3 heteroatoms. The molecule has 0 N–H and O–H groups in total. The molecule has 0 amide bonds. The molecule has 0 radical (unpaired) electrons. The molecule has 2 rings (SSSR count). The highest BCUT2D eigenvalue weighted by atomic mass is 16.7. The van der Waals surface area contributed by atoms with Crippen LogP contribution in [0.1, 0.15) is 22.3 Å². The van der Waals surface area contributed by atoms with Crippen molar-refractivity contribution in [3.8, 4) is 11.5 Å². The minimum absolute atomic E-state index is 0.519. The van der Waals surface area contributed by atoms with E-state index in [0.29, 0.717) is 11.5 Å². The zero-order valence-corrected chi connectivity index (χ0v) is 12.2. The van der Waals surface area contributed by atoms with Gasteiger partial charge in [-0.05, 0) is 51.0 Å². The minimum atomic E-state index is -0.719. The van der Waals surface area contributed by atoms with E-state index in [-0.39, 0.29) is 0 Å². The Hall–Kier alpha value is -2.29. The summed E-state index contributed by atoms with van der Waals surface area (Å²) in [5.41, 5.74) is 4.06. The van der Waals surface area contributed by atoms with E-state index in [1.54, 1.807) is 12.1 Å². The smallest absolute Gasteiger partial charge is 0.394 e. The molecule has 2 aromatic carbocycles. The van der Waals surface area contributed by atoms with Gasteiger partial charge in [0.15, 0.2) is 0 Å². The van der Waals surface area contributed by atoms with E-state index in [4.69, 9.17) is 9.47 Å². The molecule has 0 bridgehead atoms. The molecule has 0 saturated carbocycles. The van der Waals surface area contributed by atoms with Crippen LogP contribution in [-0.4, -0.2) is 6.16 Å². The molecule has 0 aliphatic heterocycles. The Balaban J connectivity index is 2.09. The Labute approximate surface area is 119 Å². The fourth-order valence-corrected chi connectivity index (χ4v) is 2.03. The van der Waals surface area contributed by atoms with Gasteiger partial charge in [0.1, 0.15) is 11.5 Å². The van der Waals surface area contributed by atoms with Crippen LogP contribution in [0.5, 0.6) is 11.5 Å². The van der Waals surface area contributed by atoms with Gasteiger partial charge in [0.2, 0.25) is 0 Å². The van der Waals surface area contributed by atoms with E-state index in [0.717, 1.165) is 22.3 Å². The SMILES string of the molecule is Cc1ccc(OC(=O)Oc2ccc(C)cc2C)c(C)c1. The number of carbonyl (C=O) groups is 1. The Bertz CT molecular complexity index is 589. The maximum atomic E-state index is 11.8. The van der Waals surface area contributed by atoms with E-state index < -0.39 is 6.16 Å². The van der Waals surface area contributed by atoms with Gasteiger partial charge >= 0.3 is 6.16 Å². The first kappa shape index (κ1) is 14.1. The predicted molar refractivity (Wildman–Crippen MR) is 78.5 cm³/mol. The minimum Gasteiger partial charge on any atom is -0.394 e. The molecule has 0 atom stereocenters. The van der Waals surface area contributed by atoms with Crippen molar-refractivity contribution in [2.45, 2.75) is 27.7 Å². The molecule has 0 fully saturated rings. The highest BCUT2D eigenvalue weighted by Gasteiger charge is 2.11. The van der Waals surface area contributed by atoms with E-state index >= 15 is 0 Å². The van der Waals surface area contributed by atoms with Gasteiger partial charge in [0, 0.05) is 0 Å². The topological polar surface area (TPSA) is 35.5 Å². The molecule has 0 unspecified atom stereocenters. The summed E-state index contributed by atoms with van der Waals surface area (Å²) in [6.07, 6.45) is -0.719. The van der Waals surface area contributed by atoms with Crippen LogP contribution < -0.4 is 9.47 Å². The first-order chi connectivity index (χ1) is 9.45. The van der Waals surface area contributed by atoms with Crippen LogP contribution in [0.4, 0.5) is 4.79 Å². The van der Waals surface area contributed by atoms with Gasteiger partial charge in [0.25, 0.3) is 0 Å². The number of carbonyl (C=O) groups excluding carboxylic acids is 1. The molecular weight excluding hydrogens is 252 g/mol. The molecule has 0 heterocycles. The third-order valence-electron chi connectivity index (χ3n) is 3.05. The Morgan fingerprint density at radius 2 is 1.15 bits per heavy atom. The summed E-state index contributed by atoms with van der Waals surface area (Å²) in [4.78, 5) is 11.8. The lowest BCUT2D eigenvalue weighted by molar-refractivity contribution is 0.151. The lowest BCUT2D eigenvalue weighted by atomic mass is 10.1. The largest absolute Gasteiger partial charge is 0.519 e. The molecule has 0 aromatic heterocycles. The quantitative estimate of drug-likeness (QED) is 0.595. The Kier molecular flexibility index (Phi) is 4.08. The molecule has 3 nitrogen and oxygen atoms in total. The summed E-state index contributed by atoms with van der Waals surface area (Å²) in [6, 6.07) is 11.3. The number of aryl methyl sites for hydroxylation is 4. The van der Waals surface area contributed by atoms with Crippen molar-refractivity contribution in [1.82, 2.24) is 0 Å². The molecule has 104 valence electrons. The van der Waals surface area contributed by atoms with Crippen molar-refractivity contribution < 1.29 is 14.3 Å². The third-order valence-corrected chi connectivity index (χ3v) is 3.05. The summed E-state index contributed by atoms with van der Waals surface area (Å²) < 4.78 is 10.5. The fraction of sp³-hybridized carbons (Fsp3) is 0.235. The average Bonchev–Trinajstić information content (AvgIpc) is 2.36. The third kappa shape index (κ3) is 3.38. The van der Waals surface area contributed by atoms with Crippen molar-refractivity contribution in [3.63, 3.8) is 0 Å². The van der Waals surface area contributed by atoms with Crippen LogP contribution in [0.25, 0.3) is 0 Å². The van der Waals surface area contributed by atoms with E-state index in [9.17, 15) is 4.79 Å². The summed E-state index contributed by atoms with van der Waals surface area (Å²) >= 11 is 0. The zero-order valence-electron chi connectivity index (χ0n) is 12.2. The van der Waals surface area contributed by atoms with Crippen LogP contribution in [0, 0.1) is 27.7 Å². The average molecular weight is 270 g/mol. The van der Waals surface area contributed by atoms with E-state index in [1.807, 2.05) is 52.0 Å². The lowest BCUT2D eigenvalue weighted by Gasteiger charge is -2.10. The second-order valence-electron chi connectivity index (χ2n) is 4.99. The summed E-state index contributed by atoms with van der Waals surface area (Å²) in [7, 11) is 0. The van der Waals surface area contributed by atoms with Gasteiger partial charge < -0.3 is 9.47 Å². The summed E-state index contributed by atoms with van der Waals surface area (Å²) in [5, 5.41) is 0. The van der Waals surface area contributed by atoms with Gasteiger partial charge in [-0.3, -0.25) is 0 Å². The maximum absolute atomic E-state index is 11.8. The number of ether oxygens (including phenoxy) is 2. The number of hydrogen-bond acceptors (Lipinski definition) is 3. The maximum Gasteiger partial charge on any atom is 0.519 e. The van der Waals surface area contributed by atoms with Crippen molar-refractivity contribution in [3.05, 3.63) is 58.7 Å². The standard InChI is InChI=1S/C17H18O3/c1-11-5-7-15(13(3)9-11)19-17(18)20-16-8-6-12(2)10-14(16)4/h5-10H,1-4H3. The first-order valence-corrected chi connectivity index (χ1v) is 6.50. The van der Waals surface area contributed by atoms with E-state index in [1.165, 1.54) is 0 Å². The monoisotopic (exact) mass is 270 g/mol. The van der Waals surface area contributed by atoms with Gasteiger partial charge in [-0.25, -0.2) is 4.79 Å². The van der Waals surface area contributed by atoms with Crippen molar-refractivity contribution in [1.29, 1.82) is 0 Å². The van der Waals surface area contributed by atoms with Gasteiger partial charge in [-0.15, -0.1) is 0 Å². The van der Waals surface area contributed by atoms with Crippen molar-refractivity contribution in [2.24, 2.45) is 0 Å². The molecular formula is C17H18O3. The summed E-state index contributed by atoms with van der Waals surface area (Å²) in [5.74, 6) is 1.04. The van der Waals surface area contributed by atoms with Crippen LogP contribution >= 0.6 is 0 Å². The van der Waals surface area contributed by atoms with Crippen LogP contribution in [0.3, 0.4) is 0 Å². The van der Waals surface area contributed by atoms with Crippen molar-refractivity contribution in [2.75, 3.05) is 0 Å². The molecule has 0 aliphatic rings. The van der Waals surface area contributed by atoms with Crippen LogP contribution in [0.2, 0.25) is 0 Å². The van der Waals surface area contributed by atoms with Gasteiger partial charge in [-0.1, -0.05) is 35.4 Å². The molecule has 0 saturated heterocycles. The number of hydrogen-bond donors (Lipinski definition) is 0. The van der Waals surface area contributed by atoms with Gasteiger partial charge in [-0.2, -0.15) is 0 Å². The Morgan fingerprint density at radius 1 is 0.750 bits per heavy atom. The first-order valence-electron chi connectivity index (χ1n) is 6.50. The molecule has 2 aromatic rings. The highest BCUT2D eigenvalue weighted by molar-refractivity contribution is 5.68. The second-order valence-corrected chi connectivity index (χ2v) is 4.99. The molecule has 0 aliphatic carbocycles. The van der Waals surface area contributed by atoms with Crippen LogP contribution in [0.15, 0.2) is 36.4 Å². The van der Waals surface area contributed by atoms with Crippen LogP contribution in [-0.2, 0) is 0 Å². The molecule has 20 heavy (non-hydrogen) atoms. The number of benzene rings is 2. The highest BCUT2D eigenvalue weighted by Crippen LogP contribution is 2.22. The van der Waals surface area contributed by atoms with E-state index in [2.05, 4.69) is 0 Å². The second kappa shape index (κ2) is 5.78. The molecule has 0 spiro atoms. The fourth-order valence-electron chi connectivity index (χ4n) is 2.03. The normalized spacial score (nSPS) is 10.2. The van der Waals surface area contributed by atoms with Gasteiger partial charge in [0.05, 0.1) is 0 Å². The zero-order chi connectivity index (χ0) is 14.7. The number of rotatable bonds is 2.